The van der Waals surface area contributed by atoms with Gasteiger partial charge in [0.25, 0.3) is 0 Å². The Labute approximate surface area is 204 Å². The van der Waals surface area contributed by atoms with Crippen LogP contribution in [0, 0.1) is 5.82 Å². The maximum Gasteiger partial charge on any atom is 0.230 e. The van der Waals surface area contributed by atoms with Gasteiger partial charge >= 0.3 is 0 Å². The number of ketones is 2. The Balaban J connectivity index is 1.74. The molecular formula is C27H29FN4O3. The molecule has 1 amide bonds. The van der Waals surface area contributed by atoms with Gasteiger partial charge in [0, 0.05) is 38.8 Å². The highest BCUT2D eigenvalue weighted by Crippen LogP contribution is 2.30. The normalized spacial score (nSPS) is 16.7. The van der Waals surface area contributed by atoms with E-state index >= 15 is 0 Å². The number of Topliss-reactive ketones (excluding diaryl/α,β-unsaturated/α-hetero) is 2. The van der Waals surface area contributed by atoms with Crippen LogP contribution in [0.1, 0.15) is 58.2 Å². The van der Waals surface area contributed by atoms with Gasteiger partial charge in [-0.1, -0.05) is 37.6 Å². The molecule has 0 saturated carbocycles. The number of unbranched alkanes of at least 4 members (excludes halogenated alkanes) is 1. The lowest BCUT2D eigenvalue weighted by Gasteiger charge is -2.37. The summed E-state index contributed by atoms with van der Waals surface area (Å²) in [6, 6.07) is 7.60. The standard InChI is InChI=1S/C27H29FN4O3/c1-3-4-5-21(33)30-24-25(32-16-14-31(2)15-17-32)27(35)23-22(26(24)34)19(12-13-29-23)9-6-18-7-10-20(28)11-8-18/h6-13H,3-5,14-17H2,1-2H3,(H,30,33)/b9-6+. The van der Waals surface area contributed by atoms with Crippen molar-refractivity contribution < 1.29 is 18.8 Å². The van der Waals surface area contributed by atoms with Gasteiger partial charge in [-0.15, -0.1) is 0 Å². The Bertz CT molecular complexity index is 1200. The lowest BCUT2D eigenvalue weighted by atomic mass is 9.89. The topological polar surface area (TPSA) is 82.6 Å². The first-order chi connectivity index (χ1) is 16.9. The van der Waals surface area contributed by atoms with Gasteiger partial charge in [-0.05, 0) is 42.8 Å². The van der Waals surface area contributed by atoms with Crippen molar-refractivity contribution in [1.82, 2.24) is 20.1 Å². The van der Waals surface area contributed by atoms with E-state index in [4.69, 9.17) is 0 Å². The molecule has 0 spiro atoms. The number of benzene rings is 1. The molecular weight excluding hydrogens is 447 g/mol. The van der Waals surface area contributed by atoms with Crippen LogP contribution in [0.15, 0.2) is 47.9 Å². The molecule has 2 aromatic rings. The number of allylic oxidation sites excluding steroid dienone is 2. The minimum absolute atomic E-state index is 0.0255. The summed E-state index contributed by atoms with van der Waals surface area (Å²) in [5.74, 6) is -1.42. The summed E-state index contributed by atoms with van der Waals surface area (Å²) >= 11 is 0. The molecule has 0 bridgehead atoms. The average Bonchev–Trinajstić information content (AvgIpc) is 2.86. The number of fused-ring (bicyclic) bond motifs is 1. The number of hydrogen-bond acceptors (Lipinski definition) is 6. The molecule has 1 aromatic carbocycles. The van der Waals surface area contributed by atoms with Gasteiger partial charge in [-0.3, -0.25) is 19.4 Å². The number of carbonyl (C=O) groups is 3. The van der Waals surface area contributed by atoms with Gasteiger partial charge in [0.15, 0.2) is 0 Å². The number of aromatic nitrogens is 1. The first kappa shape index (κ1) is 24.5. The van der Waals surface area contributed by atoms with Crippen molar-refractivity contribution in [2.24, 2.45) is 0 Å². The summed E-state index contributed by atoms with van der Waals surface area (Å²) in [5.41, 5.74) is 1.74. The number of hydrogen-bond donors (Lipinski definition) is 1. The minimum Gasteiger partial charge on any atom is -0.364 e. The van der Waals surface area contributed by atoms with E-state index in [1.165, 1.54) is 18.3 Å². The molecule has 2 aliphatic rings. The van der Waals surface area contributed by atoms with Gasteiger partial charge in [0.1, 0.15) is 22.9 Å². The van der Waals surface area contributed by atoms with Crippen molar-refractivity contribution >= 4 is 29.6 Å². The highest BCUT2D eigenvalue weighted by atomic mass is 19.1. The fourth-order valence-electron chi connectivity index (χ4n) is 4.23. The summed E-state index contributed by atoms with van der Waals surface area (Å²) in [6.07, 6.45) is 6.75. The van der Waals surface area contributed by atoms with Crippen LogP contribution in [-0.4, -0.2) is 65.5 Å². The molecule has 1 aliphatic carbocycles. The number of nitrogens with one attached hydrogen (secondary N) is 1. The summed E-state index contributed by atoms with van der Waals surface area (Å²) in [7, 11) is 2.00. The summed E-state index contributed by atoms with van der Waals surface area (Å²) < 4.78 is 13.2. The number of nitrogens with zero attached hydrogens (tertiary/aromatic N) is 3. The van der Waals surface area contributed by atoms with E-state index < -0.39 is 5.78 Å². The maximum atomic E-state index is 13.8. The predicted octanol–water partition coefficient (Wildman–Crippen LogP) is 3.54. The van der Waals surface area contributed by atoms with Crippen LogP contribution in [0.25, 0.3) is 12.2 Å². The quantitative estimate of drug-likeness (QED) is 0.658. The van der Waals surface area contributed by atoms with Crippen molar-refractivity contribution in [3.63, 3.8) is 0 Å². The minimum atomic E-state index is -0.426. The second-order valence-electron chi connectivity index (χ2n) is 8.83. The molecule has 0 radical (unpaired) electrons. The van der Waals surface area contributed by atoms with E-state index in [0.717, 1.165) is 25.1 Å². The van der Waals surface area contributed by atoms with Crippen molar-refractivity contribution in [1.29, 1.82) is 0 Å². The molecule has 35 heavy (non-hydrogen) atoms. The van der Waals surface area contributed by atoms with E-state index in [1.54, 1.807) is 30.4 Å². The van der Waals surface area contributed by atoms with Crippen LogP contribution in [0.3, 0.4) is 0 Å². The molecule has 7 nitrogen and oxygen atoms in total. The van der Waals surface area contributed by atoms with Crippen LogP contribution in [-0.2, 0) is 4.79 Å². The van der Waals surface area contributed by atoms with E-state index in [2.05, 4.69) is 15.2 Å². The number of amides is 1. The lowest BCUT2D eigenvalue weighted by molar-refractivity contribution is -0.120. The van der Waals surface area contributed by atoms with Crippen LogP contribution >= 0.6 is 0 Å². The largest absolute Gasteiger partial charge is 0.364 e. The smallest absolute Gasteiger partial charge is 0.230 e. The van der Waals surface area contributed by atoms with Crippen molar-refractivity contribution in [2.45, 2.75) is 26.2 Å². The van der Waals surface area contributed by atoms with E-state index in [1.807, 2.05) is 18.9 Å². The zero-order valence-corrected chi connectivity index (χ0v) is 20.0. The molecule has 0 unspecified atom stereocenters. The Kier molecular flexibility index (Phi) is 7.51. The molecule has 8 heteroatoms. The number of pyridine rings is 1. The molecule has 1 N–H and O–H groups in total. The number of carbonyl (C=O) groups excluding carboxylic acids is 3. The molecule has 1 saturated heterocycles. The number of rotatable bonds is 7. The Morgan fingerprint density at radius 1 is 1.06 bits per heavy atom. The zero-order chi connectivity index (χ0) is 24.9. The van der Waals surface area contributed by atoms with Crippen molar-refractivity contribution in [2.75, 3.05) is 33.2 Å². The van der Waals surface area contributed by atoms with Crippen LogP contribution < -0.4 is 5.32 Å². The molecule has 2 heterocycles. The van der Waals surface area contributed by atoms with E-state index in [9.17, 15) is 18.8 Å². The van der Waals surface area contributed by atoms with Gasteiger partial charge in [-0.2, -0.15) is 0 Å². The predicted molar refractivity (Wildman–Crippen MR) is 132 cm³/mol. The van der Waals surface area contributed by atoms with Gasteiger partial charge < -0.3 is 15.1 Å². The Morgan fingerprint density at radius 2 is 1.77 bits per heavy atom. The molecule has 1 aliphatic heterocycles. The molecule has 0 atom stereocenters. The molecule has 1 aromatic heterocycles. The third-order valence-corrected chi connectivity index (χ3v) is 6.27. The molecule has 1 fully saturated rings. The van der Waals surface area contributed by atoms with Crippen LogP contribution in [0.4, 0.5) is 4.39 Å². The summed E-state index contributed by atoms with van der Waals surface area (Å²) in [4.78, 5) is 48.4. The van der Waals surface area contributed by atoms with Crippen LogP contribution in [0.2, 0.25) is 0 Å². The van der Waals surface area contributed by atoms with Crippen LogP contribution in [0.5, 0.6) is 0 Å². The number of piperazine rings is 1. The zero-order valence-electron chi connectivity index (χ0n) is 20.0. The monoisotopic (exact) mass is 476 g/mol. The van der Waals surface area contributed by atoms with E-state index in [-0.39, 0.29) is 46.6 Å². The third kappa shape index (κ3) is 5.38. The Morgan fingerprint density at radius 3 is 2.46 bits per heavy atom. The highest BCUT2D eigenvalue weighted by Gasteiger charge is 2.38. The second-order valence-corrected chi connectivity index (χ2v) is 8.83. The molecule has 182 valence electrons. The number of likely N-dealkylation sites (N-methyl/N-ethyl adjacent to an activating group) is 1. The molecule has 4 rings (SSSR count). The lowest BCUT2D eigenvalue weighted by Crippen LogP contribution is -2.48. The first-order valence-electron chi connectivity index (χ1n) is 11.9. The van der Waals surface area contributed by atoms with E-state index in [0.29, 0.717) is 25.1 Å². The van der Waals surface area contributed by atoms with Crippen molar-refractivity contribution in [3.05, 3.63) is 76.1 Å². The SMILES string of the molecule is CCCCC(=O)NC1=C(N2CCN(C)CC2)C(=O)c2nccc(/C=C/c3ccc(F)cc3)c2C1=O. The van der Waals surface area contributed by atoms with Gasteiger partial charge in [0.2, 0.25) is 17.5 Å². The fourth-order valence-corrected chi connectivity index (χ4v) is 4.23. The summed E-state index contributed by atoms with van der Waals surface area (Å²) in [6.45, 7) is 4.60. The summed E-state index contributed by atoms with van der Waals surface area (Å²) in [5, 5.41) is 2.76. The second kappa shape index (κ2) is 10.7. The highest BCUT2D eigenvalue weighted by molar-refractivity contribution is 6.27. The van der Waals surface area contributed by atoms with Gasteiger partial charge in [-0.25, -0.2) is 4.39 Å². The van der Waals surface area contributed by atoms with Gasteiger partial charge in [0.05, 0.1) is 5.56 Å². The first-order valence-corrected chi connectivity index (χ1v) is 11.9. The third-order valence-electron chi connectivity index (χ3n) is 6.27. The Hall–Kier alpha value is -3.65. The van der Waals surface area contributed by atoms with Crippen molar-refractivity contribution in [3.8, 4) is 0 Å². The maximum absolute atomic E-state index is 13.8. The number of halogens is 1. The average molecular weight is 477 g/mol. The fraction of sp³-hybridized carbons (Fsp3) is 0.333.